The first-order valence-corrected chi connectivity index (χ1v) is 16.8. The van der Waals surface area contributed by atoms with Crippen molar-refractivity contribution < 1.29 is 27.4 Å². The zero-order chi connectivity index (χ0) is 29.3. The average molecular weight is 593 g/mol. The molecule has 0 unspecified atom stereocenters. The van der Waals surface area contributed by atoms with Crippen molar-refractivity contribution in [3.8, 4) is 5.75 Å². The molecule has 3 rings (SSSR count). The van der Waals surface area contributed by atoms with Gasteiger partial charge < -0.3 is 20.1 Å². The Hall–Kier alpha value is -2.72. The highest BCUT2D eigenvalue weighted by Gasteiger charge is 2.42. The highest BCUT2D eigenvalue weighted by molar-refractivity contribution is 7.98. The minimum absolute atomic E-state index is 0.00296. The third kappa shape index (κ3) is 7.72. The van der Waals surface area contributed by atoms with E-state index in [-0.39, 0.29) is 16.4 Å². The van der Waals surface area contributed by atoms with Gasteiger partial charge in [-0.2, -0.15) is 4.39 Å². The number of anilines is 3. The Balaban J connectivity index is 2.22. The van der Waals surface area contributed by atoms with Crippen LogP contribution in [0, 0.1) is 5.41 Å². The number of carboxylic acid groups (broad SMARTS) is 1. The molecule has 0 atom stereocenters. The lowest BCUT2D eigenvalue weighted by Gasteiger charge is -2.37. The van der Waals surface area contributed by atoms with E-state index in [1.807, 2.05) is 30.5 Å². The summed E-state index contributed by atoms with van der Waals surface area (Å²) < 4.78 is 47.3. The lowest BCUT2D eigenvalue weighted by Crippen LogP contribution is -2.38. The molecule has 2 aromatic carbocycles. The van der Waals surface area contributed by atoms with Crippen LogP contribution in [0.5, 0.6) is 5.75 Å². The zero-order valence-electron chi connectivity index (χ0n) is 23.8. The highest BCUT2D eigenvalue weighted by atomic mass is 32.2. The summed E-state index contributed by atoms with van der Waals surface area (Å²) in [4.78, 5) is 13.7. The summed E-state index contributed by atoms with van der Waals surface area (Å²) in [6.45, 7) is 7.74. The van der Waals surface area contributed by atoms with E-state index >= 15 is 0 Å². The van der Waals surface area contributed by atoms with E-state index in [9.17, 15) is 17.6 Å². The van der Waals surface area contributed by atoms with E-state index in [1.165, 1.54) is 17.8 Å². The van der Waals surface area contributed by atoms with E-state index in [4.69, 9.17) is 9.84 Å². The van der Waals surface area contributed by atoms with Crippen molar-refractivity contribution in [2.45, 2.75) is 75.5 Å². The van der Waals surface area contributed by atoms with E-state index in [0.29, 0.717) is 23.4 Å². The second-order valence-corrected chi connectivity index (χ2v) is 13.2. The maximum Gasteiger partial charge on any atom is 0.368 e. The minimum atomic E-state index is -3.78. The number of hydrogen-bond acceptors (Lipinski definition) is 7. The summed E-state index contributed by atoms with van der Waals surface area (Å²) in [6, 6.07) is 11.2. The first kappa shape index (κ1) is 31.8. The van der Waals surface area contributed by atoms with Crippen LogP contribution in [0.25, 0.3) is 0 Å². The van der Waals surface area contributed by atoms with Gasteiger partial charge in [-0.1, -0.05) is 46.5 Å². The van der Waals surface area contributed by atoms with Gasteiger partial charge in [0.05, 0.1) is 21.2 Å². The number of aliphatic carboxylic acids is 1. The van der Waals surface area contributed by atoms with Gasteiger partial charge in [0.15, 0.2) is 9.84 Å². The molecule has 0 aliphatic carbocycles. The summed E-state index contributed by atoms with van der Waals surface area (Å²) in [5, 5.41) is 12.3. The number of benzene rings is 2. The molecule has 1 aliphatic rings. The van der Waals surface area contributed by atoms with Crippen LogP contribution in [0.4, 0.5) is 21.5 Å². The van der Waals surface area contributed by atoms with Crippen LogP contribution in [0.3, 0.4) is 0 Å². The van der Waals surface area contributed by atoms with Gasteiger partial charge >= 0.3 is 5.97 Å². The number of fused-ring (bicyclic) bond motifs is 1. The molecule has 0 aromatic heterocycles. The SMILES string of the molecule is CCCCC1(CCCC)CN(c2ccc(NCCC)cc2)c2cc(SC)c(O/C=C(\F)C(=O)O)cc2S(=O)(=O)C1. The molecular formula is C30H41FN2O5S2. The third-order valence-corrected chi connectivity index (χ3v) is 9.98. The normalized spacial score (nSPS) is 16.2. The van der Waals surface area contributed by atoms with E-state index < -0.39 is 27.0 Å². The summed E-state index contributed by atoms with van der Waals surface area (Å²) >= 11 is 1.32. The standard InChI is InChI=1S/C30H41FN2O5S2/c1-5-8-14-30(15-9-6-2)20-33(23-12-10-22(11-13-23)32-16-7-3)25-17-27(39-4)26(38-19-24(31)29(34)35)18-28(25)40(36,37)21-30/h10-13,17-19,32H,5-9,14-16,20-21H2,1-4H3,(H,34,35)/b24-19-. The molecule has 2 aromatic rings. The second-order valence-electron chi connectivity index (χ2n) is 10.4. The highest BCUT2D eigenvalue weighted by Crippen LogP contribution is 2.48. The van der Waals surface area contributed by atoms with Gasteiger partial charge in [-0.25, -0.2) is 13.2 Å². The molecule has 0 spiro atoms. The largest absolute Gasteiger partial charge is 0.476 e. The fraction of sp³-hybridized carbons (Fsp3) is 0.500. The van der Waals surface area contributed by atoms with Crippen LogP contribution < -0.4 is 15.0 Å². The minimum Gasteiger partial charge on any atom is -0.476 e. The van der Waals surface area contributed by atoms with Crippen molar-refractivity contribution in [3.05, 3.63) is 48.5 Å². The Morgan fingerprint density at radius 2 is 1.77 bits per heavy atom. The van der Waals surface area contributed by atoms with Crippen LogP contribution in [-0.2, 0) is 14.6 Å². The summed E-state index contributed by atoms with van der Waals surface area (Å²) in [6.07, 6.45) is 8.67. The molecule has 7 nitrogen and oxygen atoms in total. The number of thioether (sulfide) groups is 1. The molecule has 0 radical (unpaired) electrons. The van der Waals surface area contributed by atoms with E-state index in [1.54, 1.807) is 6.07 Å². The lowest BCUT2D eigenvalue weighted by molar-refractivity contribution is -0.134. The predicted octanol–water partition coefficient (Wildman–Crippen LogP) is 7.80. The molecule has 220 valence electrons. The van der Waals surface area contributed by atoms with Crippen LogP contribution in [0.2, 0.25) is 0 Å². The molecule has 10 heteroatoms. The van der Waals surface area contributed by atoms with Gasteiger partial charge in [0.25, 0.3) is 0 Å². The topological polar surface area (TPSA) is 95.9 Å². The number of rotatable bonds is 14. The summed E-state index contributed by atoms with van der Waals surface area (Å²) in [5.74, 6) is -3.13. The lowest BCUT2D eigenvalue weighted by atomic mass is 9.79. The number of carbonyl (C=O) groups is 1. The van der Waals surface area contributed by atoms with Crippen LogP contribution >= 0.6 is 11.8 Å². The summed E-state index contributed by atoms with van der Waals surface area (Å²) in [7, 11) is -3.78. The van der Waals surface area contributed by atoms with Crippen molar-refractivity contribution in [2.24, 2.45) is 5.41 Å². The monoisotopic (exact) mass is 592 g/mol. The third-order valence-electron chi connectivity index (χ3n) is 7.23. The van der Waals surface area contributed by atoms with Crippen molar-refractivity contribution >= 4 is 44.6 Å². The maximum absolute atomic E-state index is 14.1. The zero-order valence-corrected chi connectivity index (χ0v) is 25.5. The van der Waals surface area contributed by atoms with E-state index in [2.05, 4.69) is 31.0 Å². The van der Waals surface area contributed by atoms with Crippen molar-refractivity contribution in [2.75, 3.05) is 35.3 Å². The Morgan fingerprint density at radius 1 is 1.12 bits per heavy atom. The predicted molar refractivity (Wildman–Crippen MR) is 161 cm³/mol. The Kier molecular flexibility index (Phi) is 11.3. The van der Waals surface area contributed by atoms with Gasteiger partial charge in [0.1, 0.15) is 12.0 Å². The number of halogens is 1. The second kappa shape index (κ2) is 14.3. The average Bonchev–Trinajstić information content (AvgIpc) is 3.04. The molecule has 0 saturated carbocycles. The number of ether oxygens (including phenoxy) is 1. The number of hydrogen-bond donors (Lipinski definition) is 2. The fourth-order valence-corrected chi connectivity index (χ4v) is 7.80. The van der Waals surface area contributed by atoms with Gasteiger partial charge in [0, 0.05) is 35.9 Å². The molecule has 0 saturated heterocycles. The molecule has 0 amide bonds. The molecule has 0 bridgehead atoms. The first-order valence-electron chi connectivity index (χ1n) is 13.9. The van der Waals surface area contributed by atoms with Gasteiger partial charge in [-0.05, 0) is 55.9 Å². The number of sulfone groups is 1. The van der Waals surface area contributed by atoms with Crippen molar-refractivity contribution in [3.63, 3.8) is 0 Å². The smallest absolute Gasteiger partial charge is 0.368 e. The quantitative estimate of drug-likeness (QED) is 0.130. The molecule has 1 aliphatic heterocycles. The number of carboxylic acids is 1. The Bertz CT molecular complexity index is 1290. The number of nitrogens with one attached hydrogen (secondary N) is 1. The Morgan fingerprint density at radius 3 is 2.33 bits per heavy atom. The van der Waals surface area contributed by atoms with Gasteiger partial charge in [0.2, 0.25) is 5.83 Å². The van der Waals surface area contributed by atoms with Crippen LogP contribution in [-0.4, -0.2) is 44.6 Å². The summed E-state index contributed by atoms with van der Waals surface area (Å²) in [5.41, 5.74) is 1.97. The molecular weight excluding hydrogens is 551 g/mol. The van der Waals surface area contributed by atoms with E-state index in [0.717, 1.165) is 62.9 Å². The number of nitrogens with zero attached hydrogens (tertiary/aromatic N) is 1. The fourth-order valence-electron chi connectivity index (χ4n) is 5.14. The van der Waals surface area contributed by atoms with Gasteiger partial charge in [-0.3, -0.25) is 0 Å². The number of unbranched alkanes of at least 4 members (excludes halogenated alkanes) is 2. The molecule has 40 heavy (non-hydrogen) atoms. The Labute approximate surface area is 242 Å². The molecule has 0 fully saturated rings. The van der Waals surface area contributed by atoms with Gasteiger partial charge in [-0.15, -0.1) is 11.8 Å². The molecule has 1 heterocycles. The van der Waals surface area contributed by atoms with Crippen molar-refractivity contribution in [1.82, 2.24) is 0 Å². The maximum atomic E-state index is 14.1. The first-order chi connectivity index (χ1) is 19.1. The van der Waals surface area contributed by atoms with Crippen LogP contribution in [0.1, 0.15) is 65.7 Å². The van der Waals surface area contributed by atoms with Crippen molar-refractivity contribution in [1.29, 1.82) is 0 Å². The van der Waals surface area contributed by atoms with Crippen LogP contribution in [0.15, 0.2) is 58.3 Å². The molecule has 2 N–H and O–H groups in total.